The van der Waals surface area contributed by atoms with Crippen molar-refractivity contribution in [3.8, 4) is 28.4 Å². The molecule has 0 fully saturated rings. The van der Waals surface area contributed by atoms with E-state index in [-0.39, 0.29) is 11.7 Å². The van der Waals surface area contributed by atoms with Crippen molar-refractivity contribution >= 4 is 45.5 Å². The number of esters is 1. The number of methoxy groups -OCH3 is 3. The number of hydrogen-bond donors (Lipinski definition) is 2. The Morgan fingerprint density at radius 1 is 0.971 bits per heavy atom. The maximum absolute atomic E-state index is 13.0. The molecule has 0 aliphatic heterocycles. The van der Waals surface area contributed by atoms with Crippen LogP contribution < -0.4 is 24.8 Å². The first-order valence-electron chi connectivity index (χ1n) is 10.6. The SMILES string of the molecule is CCOC(=O)c1c(NC(=S)NC(=O)c2ccccc2OC)sc(C)c1-c1ccc(OC)c(OC)c1. The molecule has 2 aromatic carbocycles. The van der Waals surface area contributed by atoms with Crippen LogP contribution in [0.2, 0.25) is 0 Å². The highest BCUT2D eigenvalue weighted by atomic mass is 32.1. The summed E-state index contributed by atoms with van der Waals surface area (Å²) >= 11 is 6.70. The number of carbonyl (C=O) groups is 2. The molecule has 0 aliphatic carbocycles. The number of amides is 1. The molecule has 1 heterocycles. The van der Waals surface area contributed by atoms with Crippen molar-refractivity contribution < 1.29 is 28.5 Å². The highest BCUT2D eigenvalue weighted by molar-refractivity contribution is 7.80. The Kier molecular flexibility index (Phi) is 8.67. The highest BCUT2D eigenvalue weighted by Gasteiger charge is 2.26. The summed E-state index contributed by atoms with van der Waals surface area (Å²) in [6.07, 6.45) is 0. The number of aryl methyl sites for hydroxylation is 1. The van der Waals surface area contributed by atoms with Crippen LogP contribution in [-0.2, 0) is 4.74 Å². The number of para-hydroxylation sites is 1. The third-order valence-corrected chi connectivity index (χ3v) is 6.27. The van der Waals surface area contributed by atoms with Crippen molar-refractivity contribution in [1.82, 2.24) is 5.32 Å². The molecule has 0 aliphatic rings. The maximum atomic E-state index is 13.0. The van der Waals surface area contributed by atoms with Gasteiger partial charge in [-0.2, -0.15) is 0 Å². The van der Waals surface area contributed by atoms with Crippen LogP contribution in [0.4, 0.5) is 5.00 Å². The molecule has 3 rings (SSSR count). The minimum Gasteiger partial charge on any atom is -0.496 e. The van der Waals surface area contributed by atoms with Crippen molar-refractivity contribution in [3.63, 3.8) is 0 Å². The average Bonchev–Trinajstić information content (AvgIpc) is 3.18. The molecule has 0 radical (unpaired) electrons. The molecule has 184 valence electrons. The second kappa shape index (κ2) is 11.7. The molecule has 10 heteroatoms. The van der Waals surface area contributed by atoms with Crippen LogP contribution >= 0.6 is 23.6 Å². The number of thiocarbonyl (C=S) groups is 1. The summed E-state index contributed by atoms with van der Waals surface area (Å²) in [6.45, 7) is 3.83. The summed E-state index contributed by atoms with van der Waals surface area (Å²) in [5.74, 6) is 0.566. The normalized spacial score (nSPS) is 10.3. The van der Waals surface area contributed by atoms with Crippen LogP contribution in [-0.4, -0.2) is 44.9 Å². The zero-order valence-electron chi connectivity index (χ0n) is 20.0. The molecule has 0 saturated carbocycles. The van der Waals surface area contributed by atoms with E-state index in [1.165, 1.54) is 18.4 Å². The zero-order chi connectivity index (χ0) is 25.5. The first-order chi connectivity index (χ1) is 16.8. The van der Waals surface area contributed by atoms with Crippen molar-refractivity contribution in [2.45, 2.75) is 13.8 Å². The number of nitrogens with one attached hydrogen (secondary N) is 2. The Morgan fingerprint density at radius 2 is 1.66 bits per heavy atom. The largest absolute Gasteiger partial charge is 0.496 e. The molecule has 0 saturated heterocycles. The number of ether oxygens (including phenoxy) is 4. The van der Waals surface area contributed by atoms with Crippen LogP contribution in [0, 0.1) is 6.92 Å². The van der Waals surface area contributed by atoms with Gasteiger partial charge in [-0.15, -0.1) is 11.3 Å². The van der Waals surface area contributed by atoms with Gasteiger partial charge in [-0.05, 0) is 55.9 Å². The zero-order valence-corrected chi connectivity index (χ0v) is 21.6. The van der Waals surface area contributed by atoms with Gasteiger partial charge in [-0.25, -0.2) is 4.79 Å². The minimum absolute atomic E-state index is 0.0339. The molecule has 35 heavy (non-hydrogen) atoms. The van der Waals surface area contributed by atoms with Gasteiger partial charge >= 0.3 is 5.97 Å². The number of carbonyl (C=O) groups excluding carboxylic acids is 2. The second-order valence-electron chi connectivity index (χ2n) is 7.14. The molecule has 8 nitrogen and oxygen atoms in total. The fraction of sp³-hybridized carbons (Fsp3) is 0.240. The number of hydrogen-bond acceptors (Lipinski definition) is 8. The monoisotopic (exact) mass is 514 g/mol. The summed E-state index contributed by atoms with van der Waals surface area (Å²) in [5.41, 5.74) is 2.07. The molecule has 1 amide bonds. The number of rotatable bonds is 8. The lowest BCUT2D eigenvalue weighted by atomic mass is 10.0. The summed E-state index contributed by atoms with van der Waals surface area (Å²) in [5, 5.41) is 6.12. The first-order valence-corrected chi connectivity index (χ1v) is 11.8. The summed E-state index contributed by atoms with van der Waals surface area (Å²) in [4.78, 5) is 26.6. The molecule has 1 aromatic heterocycles. The van der Waals surface area contributed by atoms with E-state index in [0.717, 1.165) is 10.4 Å². The van der Waals surface area contributed by atoms with Crippen molar-refractivity contribution in [2.24, 2.45) is 0 Å². The molecule has 3 aromatic rings. The third kappa shape index (κ3) is 5.72. The first kappa shape index (κ1) is 26.0. The van der Waals surface area contributed by atoms with E-state index < -0.39 is 11.9 Å². The summed E-state index contributed by atoms with van der Waals surface area (Å²) in [7, 11) is 4.59. The summed E-state index contributed by atoms with van der Waals surface area (Å²) < 4.78 is 21.3. The lowest BCUT2D eigenvalue weighted by Gasteiger charge is -2.13. The van der Waals surface area contributed by atoms with Crippen molar-refractivity contribution in [1.29, 1.82) is 0 Å². The smallest absolute Gasteiger partial charge is 0.341 e. The average molecular weight is 515 g/mol. The summed E-state index contributed by atoms with van der Waals surface area (Å²) in [6, 6.07) is 12.2. The Balaban J connectivity index is 1.96. The lowest BCUT2D eigenvalue weighted by Crippen LogP contribution is -2.34. The van der Waals surface area contributed by atoms with Gasteiger partial charge in [0, 0.05) is 10.4 Å². The van der Waals surface area contributed by atoms with Crippen LogP contribution in [0.3, 0.4) is 0 Å². The molecular formula is C25H26N2O6S2. The fourth-order valence-corrected chi connectivity index (χ4v) is 4.84. The minimum atomic E-state index is -0.511. The predicted octanol–water partition coefficient (Wildman–Crippen LogP) is 5.05. The van der Waals surface area contributed by atoms with Gasteiger partial charge in [0.25, 0.3) is 5.91 Å². The van der Waals surface area contributed by atoms with Crippen LogP contribution in [0.1, 0.15) is 32.5 Å². The Labute approximate surface area is 213 Å². The van der Waals surface area contributed by atoms with Crippen molar-refractivity contribution in [3.05, 3.63) is 58.5 Å². The second-order valence-corrected chi connectivity index (χ2v) is 8.77. The molecular weight excluding hydrogens is 488 g/mol. The Hall–Kier alpha value is -3.63. The van der Waals surface area contributed by atoms with Gasteiger partial charge in [-0.3, -0.25) is 10.1 Å². The van der Waals surface area contributed by atoms with E-state index in [2.05, 4.69) is 10.6 Å². The van der Waals surface area contributed by atoms with Gasteiger partial charge in [0.15, 0.2) is 16.6 Å². The van der Waals surface area contributed by atoms with Crippen LogP contribution in [0.25, 0.3) is 11.1 Å². The van der Waals surface area contributed by atoms with Crippen LogP contribution in [0.15, 0.2) is 42.5 Å². The van der Waals surface area contributed by atoms with E-state index in [1.807, 2.05) is 13.0 Å². The molecule has 0 atom stereocenters. The van der Waals surface area contributed by atoms with Gasteiger partial charge in [-0.1, -0.05) is 18.2 Å². The van der Waals surface area contributed by atoms with E-state index >= 15 is 0 Å². The standard InChI is InChI=1S/C25H26N2O6S2/c1-6-33-24(29)21-20(15-11-12-18(31-4)19(13-15)32-5)14(2)35-23(21)27-25(34)26-22(28)16-9-7-8-10-17(16)30-3/h7-13H,6H2,1-5H3,(H2,26,27,28,34). The predicted molar refractivity (Wildman–Crippen MR) is 140 cm³/mol. The fourth-order valence-electron chi connectivity index (χ4n) is 3.51. The Morgan fingerprint density at radius 3 is 2.31 bits per heavy atom. The molecule has 2 N–H and O–H groups in total. The van der Waals surface area contributed by atoms with Gasteiger partial charge < -0.3 is 24.3 Å². The van der Waals surface area contributed by atoms with E-state index in [0.29, 0.717) is 38.9 Å². The van der Waals surface area contributed by atoms with Gasteiger partial charge in [0.1, 0.15) is 16.3 Å². The quantitative estimate of drug-likeness (QED) is 0.318. The maximum Gasteiger partial charge on any atom is 0.341 e. The third-order valence-electron chi connectivity index (χ3n) is 5.04. The highest BCUT2D eigenvalue weighted by Crippen LogP contribution is 2.42. The lowest BCUT2D eigenvalue weighted by molar-refractivity contribution is 0.0529. The molecule has 0 spiro atoms. The van der Waals surface area contributed by atoms with Crippen molar-refractivity contribution in [2.75, 3.05) is 33.3 Å². The number of benzene rings is 2. The van der Waals surface area contributed by atoms with Gasteiger partial charge in [0.2, 0.25) is 0 Å². The number of thiophene rings is 1. The molecule has 0 bridgehead atoms. The van der Waals surface area contributed by atoms with E-state index in [9.17, 15) is 9.59 Å². The Bertz CT molecular complexity index is 1250. The topological polar surface area (TPSA) is 95.1 Å². The molecule has 0 unspecified atom stereocenters. The van der Waals surface area contributed by atoms with Crippen LogP contribution in [0.5, 0.6) is 17.2 Å². The van der Waals surface area contributed by atoms with Gasteiger partial charge in [0.05, 0.1) is 33.5 Å². The van der Waals surface area contributed by atoms with E-state index in [4.69, 9.17) is 31.2 Å². The van der Waals surface area contributed by atoms with E-state index in [1.54, 1.807) is 57.5 Å². The number of anilines is 1.